The SMILES string of the molecule is CCCCCCCCCOC(n1cnc2c(=O)[nH]c(N)nc21)P(=O)(O)O. The molecule has 1 atom stereocenters. The molecule has 0 aliphatic rings. The van der Waals surface area contributed by atoms with E-state index in [9.17, 15) is 19.1 Å². The number of aromatic nitrogens is 4. The Morgan fingerprint density at radius 1 is 1.27 bits per heavy atom. The number of nitrogens with two attached hydrogens (primary N) is 1. The van der Waals surface area contributed by atoms with Crippen molar-refractivity contribution in [1.82, 2.24) is 19.5 Å². The number of anilines is 1. The van der Waals surface area contributed by atoms with Gasteiger partial charge in [0.1, 0.15) is 0 Å². The van der Waals surface area contributed by atoms with Crippen LogP contribution in [0.3, 0.4) is 0 Å². The first-order valence-corrected chi connectivity index (χ1v) is 10.4. The van der Waals surface area contributed by atoms with Crippen molar-refractivity contribution in [3.63, 3.8) is 0 Å². The van der Waals surface area contributed by atoms with Gasteiger partial charge in [-0.05, 0) is 6.42 Å². The highest BCUT2D eigenvalue weighted by Gasteiger charge is 2.33. The summed E-state index contributed by atoms with van der Waals surface area (Å²) in [6.45, 7) is 2.34. The predicted octanol–water partition coefficient (Wildman–Crippen LogP) is 2.10. The largest absolute Gasteiger partial charge is 0.375 e. The molecule has 0 aliphatic heterocycles. The van der Waals surface area contributed by atoms with E-state index in [-0.39, 0.29) is 23.7 Å². The lowest BCUT2D eigenvalue weighted by Crippen LogP contribution is -2.16. The second kappa shape index (κ2) is 9.27. The number of unbranched alkanes of at least 4 members (excludes halogenated alkanes) is 6. The summed E-state index contributed by atoms with van der Waals surface area (Å²) in [6, 6.07) is 0. The Hall–Kier alpha value is -1.74. The van der Waals surface area contributed by atoms with Crippen LogP contribution in [0.15, 0.2) is 11.1 Å². The maximum absolute atomic E-state index is 11.9. The zero-order valence-corrected chi connectivity index (χ0v) is 15.7. The van der Waals surface area contributed by atoms with Gasteiger partial charge in [-0.25, -0.2) is 4.98 Å². The smallest absolute Gasteiger partial charge is 0.369 e. The van der Waals surface area contributed by atoms with E-state index >= 15 is 0 Å². The van der Waals surface area contributed by atoms with Crippen LogP contribution in [0.1, 0.15) is 57.8 Å². The Morgan fingerprint density at radius 2 is 1.92 bits per heavy atom. The molecule has 1 unspecified atom stereocenters. The fourth-order valence-electron chi connectivity index (χ4n) is 2.69. The molecule has 10 nitrogen and oxygen atoms in total. The van der Waals surface area contributed by atoms with Gasteiger partial charge in [0.25, 0.3) is 5.56 Å². The van der Waals surface area contributed by atoms with E-state index in [0.717, 1.165) is 30.2 Å². The standard InChI is InChI=1S/C15H26N5O5P/c1-2-3-4-5-6-7-8-9-25-15(26(22,23)24)20-10-17-11-12(20)18-14(16)19-13(11)21/h10,15H,2-9H2,1H3,(H2,22,23,24)(H3,16,18,19,21). The van der Waals surface area contributed by atoms with Crippen molar-refractivity contribution in [3.05, 3.63) is 16.7 Å². The van der Waals surface area contributed by atoms with E-state index in [1.807, 2.05) is 0 Å². The number of ether oxygens (including phenoxy) is 1. The first-order valence-electron chi connectivity index (χ1n) is 8.73. The van der Waals surface area contributed by atoms with E-state index in [0.29, 0.717) is 6.42 Å². The van der Waals surface area contributed by atoms with Crippen molar-refractivity contribution in [3.8, 4) is 0 Å². The topological polar surface area (TPSA) is 156 Å². The summed E-state index contributed by atoms with van der Waals surface area (Å²) in [5.41, 5.74) is 4.84. The number of nitrogens with zero attached hydrogens (tertiary/aromatic N) is 3. The van der Waals surface area contributed by atoms with Gasteiger partial charge in [-0.1, -0.05) is 45.4 Å². The number of imidazole rings is 1. The number of nitrogen functional groups attached to an aromatic ring is 1. The zero-order chi connectivity index (χ0) is 19.2. The summed E-state index contributed by atoms with van der Waals surface area (Å²) >= 11 is 0. The highest BCUT2D eigenvalue weighted by molar-refractivity contribution is 7.51. The highest BCUT2D eigenvalue weighted by Crippen LogP contribution is 2.50. The molecule has 0 amide bonds. The number of H-pyrrole nitrogens is 1. The average Bonchev–Trinajstić information content (AvgIpc) is 2.96. The number of fused-ring (bicyclic) bond motifs is 1. The van der Waals surface area contributed by atoms with Gasteiger partial charge in [0.05, 0.1) is 6.33 Å². The minimum Gasteiger partial charge on any atom is -0.369 e. The molecular weight excluding hydrogens is 361 g/mol. The zero-order valence-electron chi connectivity index (χ0n) is 14.8. The van der Waals surface area contributed by atoms with E-state index in [1.165, 1.54) is 19.3 Å². The van der Waals surface area contributed by atoms with E-state index < -0.39 is 19.1 Å². The molecule has 0 saturated heterocycles. The van der Waals surface area contributed by atoms with E-state index in [1.54, 1.807) is 0 Å². The Morgan fingerprint density at radius 3 is 2.58 bits per heavy atom. The molecule has 0 radical (unpaired) electrons. The third-order valence-electron chi connectivity index (χ3n) is 3.99. The molecule has 2 aromatic heterocycles. The Bertz CT molecular complexity index is 814. The minimum absolute atomic E-state index is 0.0286. The normalized spacial score (nSPS) is 13.3. The number of hydrogen-bond donors (Lipinski definition) is 4. The summed E-state index contributed by atoms with van der Waals surface area (Å²) in [7, 11) is -4.66. The monoisotopic (exact) mass is 387 g/mol. The van der Waals surface area contributed by atoms with Crippen LogP contribution in [0, 0.1) is 0 Å². The van der Waals surface area contributed by atoms with Crippen LogP contribution in [0.2, 0.25) is 0 Å². The van der Waals surface area contributed by atoms with Gasteiger partial charge in [-0.15, -0.1) is 0 Å². The molecule has 0 spiro atoms. The lowest BCUT2D eigenvalue weighted by atomic mass is 10.1. The minimum atomic E-state index is -4.66. The molecule has 0 saturated carbocycles. The van der Waals surface area contributed by atoms with Gasteiger partial charge in [-0.2, -0.15) is 4.98 Å². The summed E-state index contributed by atoms with van der Waals surface area (Å²) in [6.07, 6.45) is 8.55. The summed E-state index contributed by atoms with van der Waals surface area (Å²) in [5, 5.41) is 0. The quantitative estimate of drug-likeness (QED) is 0.337. The third kappa shape index (κ3) is 5.38. The molecule has 0 fully saturated rings. The molecule has 0 aliphatic carbocycles. The number of hydrogen-bond acceptors (Lipinski definition) is 6. The Kier molecular flexibility index (Phi) is 7.33. The van der Waals surface area contributed by atoms with Crippen LogP contribution < -0.4 is 11.3 Å². The summed E-state index contributed by atoms with van der Waals surface area (Å²) in [5.74, 6) is -1.76. The van der Waals surface area contributed by atoms with Gasteiger partial charge in [0.15, 0.2) is 11.2 Å². The summed E-state index contributed by atoms with van der Waals surface area (Å²) < 4.78 is 18.3. The average molecular weight is 387 g/mol. The maximum atomic E-state index is 11.9. The summed E-state index contributed by atoms with van der Waals surface area (Å²) in [4.78, 5) is 41.1. The van der Waals surface area contributed by atoms with Crippen LogP contribution in [-0.4, -0.2) is 35.9 Å². The fourth-order valence-corrected chi connectivity index (χ4v) is 3.48. The number of nitrogens with one attached hydrogen (secondary N) is 1. The maximum Gasteiger partial charge on any atom is 0.375 e. The van der Waals surface area contributed by atoms with Crippen molar-refractivity contribution in [2.24, 2.45) is 0 Å². The van der Waals surface area contributed by atoms with Gasteiger partial charge in [0.2, 0.25) is 11.9 Å². The van der Waals surface area contributed by atoms with Crippen molar-refractivity contribution in [2.45, 2.75) is 57.8 Å². The molecule has 0 bridgehead atoms. The Balaban J connectivity index is 2.03. The molecule has 5 N–H and O–H groups in total. The second-order valence-electron chi connectivity index (χ2n) is 6.18. The molecular formula is C15H26N5O5P. The molecule has 146 valence electrons. The first-order chi connectivity index (χ1) is 12.3. The molecule has 2 rings (SSSR count). The second-order valence-corrected chi connectivity index (χ2v) is 7.80. The van der Waals surface area contributed by atoms with Crippen molar-refractivity contribution in [1.29, 1.82) is 0 Å². The van der Waals surface area contributed by atoms with E-state index in [4.69, 9.17) is 10.5 Å². The van der Waals surface area contributed by atoms with Gasteiger partial charge in [0, 0.05) is 6.61 Å². The molecule has 0 aromatic carbocycles. The van der Waals surface area contributed by atoms with Crippen LogP contribution in [0.4, 0.5) is 5.95 Å². The van der Waals surface area contributed by atoms with Crippen LogP contribution >= 0.6 is 7.60 Å². The lowest BCUT2D eigenvalue weighted by Gasteiger charge is -2.20. The number of aromatic amines is 1. The molecule has 26 heavy (non-hydrogen) atoms. The molecule has 2 aromatic rings. The van der Waals surface area contributed by atoms with Crippen molar-refractivity contribution >= 4 is 24.7 Å². The van der Waals surface area contributed by atoms with E-state index in [2.05, 4.69) is 21.9 Å². The first kappa shape index (κ1) is 20.6. The van der Waals surface area contributed by atoms with Gasteiger partial charge >= 0.3 is 7.60 Å². The van der Waals surface area contributed by atoms with Crippen LogP contribution in [0.25, 0.3) is 11.2 Å². The lowest BCUT2D eigenvalue weighted by molar-refractivity contribution is 0.0411. The Labute approximate surface area is 151 Å². The fraction of sp³-hybridized carbons (Fsp3) is 0.667. The number of rotatable bonds is 11. The van der Waals surface area contributed by atoms with Crippen LogP contribution in [0.5, 0.6) is 0 Å². The molecule has 2 heterocycles. The third-order valence-corrected chi connectivity index (χ3v) is 4.96. The highest BCUT2D eigenvalue weighted by atomic mass is 31.2. The van der Waals surface area contributed by atoms with Crippen LogP contribution in [-0.2, 0) is 9.30 Å². The van der Waals surface area contributed by atoms with Crippen molar-refractivity contribution < 1.29 is 19.1 Å². The van der Waals surface area contributed by atoms with Gasteiger partial charge in [-0.3, -0.25) is 18.9 Å². The van der Waals surface area contributed by atoms with Crippen molar-refractivity contribution in [2.75, 3.05) is 12.3 Å². The molecule has 11 heteroatoms. The van der Waals surface area contributed by atoms with Gasteiger partial charge < -0.3 is 20.3 Å². The predicted molar refractivity (Wildman–Crippen MR) is 97.6 cm³/mol.